The van der Waals surface area contributed by atoms with Crippen molar-refractivity contribution in [2.45, 2.75) is 38.7 Å². The largest absolute Gasteiger partial charge is 0.377 e. The third-order valence-electron chi connectivity index (χ3n) is 2.53. The summed E-state index contributed by atoms with van der Waals surface area (Å²) in [7, 11) is 0. The lowest BCUT2D eigenvalue weighted by Crippen LogP contribution is -2.29. The van der Waals surface area contributed by atoms with Crippen LogP contribution in [0.25, 0.3) is 0 Å². The monoisotopic (exact) mass is 200 g/mol. The highest BCUT2D eigenvalue weighted by atomic mass is 16.5. The van der Waals surface area contributed by atoms with Crippen LogP contribution in [0.4, 0.5) is 0 Å². The Morgan fingerprint density at radius 2 is 2.07 bits per heavy atom. The van der Waals surface area contributed by atoms with Crippen LogP contribution in [0.3, 0.4) is 0 Å². The van der Waals surface area contributed by atoms with Crippen LogP contribution in [-0.4, -0.2) is 38.9 Å². The molecule has 1 fully saturated rings. The molecule has 1 aliphatic rings. The number of rotatable bonds is 8. The van der Waals surface area contributed by atoms with Crippen LogP contribution >= 0.6 is 0 Å². The number of hydrogen-bond donors (Lipinski definition) is 2. The van der Waals surface area contributed by atoms with Crippen molar-refractivity contribution in [3.05, 3.63) is 0 Å². The summed E-state index contributed by atoms with van der Waals surface area (Å²) in [5, 5.41) is 6.83. The molecule has 1 saturated heterocycles. The molecule has 14 heavy (non-hydrogen) atoms. The molecule has 0 aromatic rings. The summed E-state index contributed by atoms with van der Waals surface area (Å²) in [6, 6.07) is 0. The van der Waals surface area contributed by atoms with Gasteiger partial charge < -0.3 is 15.4 Å². The molecule has 3 heteroatoms. The van der Waals surface area contributed by atoms with Crippen molar-refractivity contribution in [3.63, 3.8) is 0 Å². The van der Waals surface area contributed by atoms with Crippen LogP contribution in [0.15, 0.2) is 0 Å². The van der Waals surface area contributed by atoms with Crippen molar-refractivity contribution in [1.29, 1.82) is 0 Å². The second kappa shape index (κ2) is 8.21. The fourth-order valence-corrected chi connectivity index (χ4v) is 1.71. The van der Waals surface area contributed by atoms with Gasteiger partial charge in [-0.2, -0.15) is 0 Å². The molecule has 3 nitrogen and oxygen atoms in total. The van der Waals surface area contributed by atoms with E-state index in [0.717, 1.165) is 32.8 Å². The molecule has 0 aromatic carbocycles. The van der Waals surface area contributed by atoms with Gasteiger partial charge in [-0.15, -0.1) is 0 Å². The second-order valence-corrected chi connectivity index (χ2v) is 3.94. The number of nitrogens with one attached hydrogen (secondary N) is 2. The average molecular weight is 200 g/mol. The van der Waals surface area contributed by atoms with E-state index < -0.39 is 0 Å². The van der Waals surface area contributed by atoms with E-state index in [1.165, 1.54) is 25.7 Å². The van der Waals surface area contributed by atoms with Crippen molar-refractivity contribution < 1.29 is 4.74 Å². The first-order valence-electron chi connectivity index (χ1n) is 5.96. The maximum Gasteiger partial charge on any atom is 0.0700 e. The summed E-state index contributed by atoms with van der Waals surface area (Å²) in [5.74, 6) is 0. The zero-order valence-electron chi connectivity index (χ0n) is 9.35. The normalized spacial score (nSPS) is 21.6. The van der Waals surface area contributed by atoms with Crippen LogP contribution in [-0.2, 0) is 4.74 Å². The Morgan fingerprint density at radius 1 is 1.21 bits per heavy atom. The standard InChI is InChI=1S/C11H24N2O/c1-2-6-12-7-4-8-13-10-11-5-3-9-14-11/h11-13H,2-10H2,1H3/t11-/m1/s1. The van der Waals surface area contributed by atoms with Gasteiger partial charge in [0.1, 0.15) is 0 Å². The van der Waals surface area contributed by atoms with E-state index in [9.17, 15) is 0 Å². The minimum absolute atomic E-state index is 0.485. The summed E-state index contributed by atoms with van der Waals surface area (Å²) >= 11 is 0. The first kappa shape index (κ1) is 12.0. The molecule has 1 heterocycles. The molecule has 0 radical (unpaired) electrons. The molecule has 1 rings (SSSR count). The minimum atomic E-state index is 0.485. The smallest absolute Gasteiger partial charge is 0.0700 e. The quantitative estimate of drug-likeness (QED) is 0.577. The molecule has 2 N–H and O–H groups in total. The van der Waals surface area contributed by atoms with Crippen molar-refractivity contribution in [2.24, 2.45) is 0 Å². The van der Waals surface area contributed by atoms with Gasteiger partial charge in [-0.05, 0) is 45.3 Å². The fraction of sp³-hybridized carbons (Fsp3) is 1.00. The first-order valence-corrected chi connectivity index (χ1v) is 5.96. The van der Waals surface area contributed by atoms with Gasteiger partial charge in [0.15, 0.2) is 0 Å². The molecule has 0 unspecified atom stereocenters. The van der Waals surface area contributed by atoms with Crippen LogP contribution in [0.5, 0.6) is 0 Å². The maximum absolute atomic E-state index is 5.52. The predicted octanol–water partition coefficient (Wildman–Crippen LogP) is 1.14. The van der Waals surface area contributed by atoms with E-state index in [4.69, 9.17) is 4.74 Å². The lowest BCUT2D eigenvalue weighted by molar-refractivity contribution is 0.110. The second-order valence-electron chi connectivity index (χ2n) is 3.94. The van der Waals surface area contributed by atoms with E-state index in [0.29, 0.717) is 6.10 Å². The van der Waals surface area contributed by atoms with E-state index in [1.54, 1.807) is 0 Å². The van der Waals surface area contributed by atoms with Gasteiger partial charge in [0.05, 0.1) is 6.10 Å². The number of hydrogen-bond acceptors (Lipinski definition) is 3. The molecule has 1 atom stereocenters. The Hall–Kier alpha value is -0.120. The molecular weight excluding hydrogens is 176 g/mol. The van der Waals surface area contributed by atoms with Crippen LogP contribution in [0.1, 0.15) is 32.6 Å². The van der Waals surface area contributed by atoms with E-state index in [1.807, 2.05) is 0 Å². The predicted molar refractivity (Wildman–Crippen MR) is 59.6 cm³/mol. The highest BCUT2D eigenvalue weighted by Gasteiger charge is 2.13. The SMILES string of the molecule is CCCNCCCNC[C@H]1CCCO1. The Kier molecular flexibility index (Phi) is 7.01. The highest BCUT2D eigenvalue weighted by Crippen LogP contribution is 2.10. The summed E-state index contributed by atoms with van der Waals surface area (Å²) in [6.07, 6.45) is 5.40. The molecule has 84 valence electrons. The molecular formula is C11H24N2O. The molecule has 0 amide bonds. The van der Waals surface area contributed by atoms with Gasteiger partial charge >= 0.3 is 0 Å². The summed E-state index contributed by atoms with van der Waals surface area (Å²) in [4.78, 5) is 0. The molecule has 0 aromatic heterocycles. The molecule has 0 aliphatic carbocycles. The van der Waals surface area contributed by atoms with Gasteiger partial charge in [0, 0.05) is 13.2 Å². The third kappa shape index (κ3) is 5.58. The highest BCUT2D eigenvalue weighted by molar-refractivity contribution is 4.67. The molecule has 0 saturated carbocycles. The van der Waals surface area contributed by atoms with Crippen LogP contribution in [0.2, 0.25) is 0 Å². The summed E-state index contributed by atoms with van der Waals surface area (Å²) < 4.78 is 5.52. The van der Waals surface area contributed by atoms with Crippen molar-refractivity contribution in [2.75, 3.05) is 32.8 Å². The van der Waals surface area contributed by atoms with Gasteiger partial charge in [0.2, 0.25) is 0 Å². The summed E-state index contributed by atoms with van der Waals surface area (Å²) in [5.41, 5.74) is 0. The average Bonchev–Trinajstić information content (AvgIpc) is 2.69. The Balaban J connectivity index is 1.75. The van der Waals surface area contributed by atoms with Gasteiger partial charge in [-0.25, -0.2) is 0 Å². The lowest BCUT2D eigenvalue weighted by Gasteiger charge is -2.10. The van der Waals surface area contributed by atoms with Crippen molar-refractivity contribution in [1.82, 2.24) is 10.6 Å². The molecule has 0 bridgehead atoms. The molecule has 0 spiro atoms. The topological polar surface area (TPSA) is 33.3 Å². The van der Waals surface area contributed by atoms with E-state index in [-0.39, 0.29) is 0 Å². The Bertz CT molecular complexity index is 124. The van der Waals surface area contributed by atoms with Crippen molar-refractivity contribution >= 4 is 0 Å². The van der Waals surface area contributed by atoms with Crippen LogP contribution in [0, 0.1) is 0 Å². The Morgan fingerprint density at radius 3 is 2.79 bits per heavy atom. The fourth-order valence-electron chi connectivity index (χ4n) is 1.71. The van der Waals surface area contributed by atoms with Crippen molar-refractivity contribution in [3.8, 4) is 0 Å². The zero-order chi connectivity index (χ0) is 10.1. The van der Waals surface area contributed by atoms with E-state index in [2.05, 4.69) is 17.6 Å². The van der Waals surface area contributed by atoms with E-state index >= 15 is 0 Å². The van der Waals surface area contributed by atoms with Gasteiger partial charge in [-0.3, -0.25) is 0 Å². The minimum Gasteiger partial charge on any atom is -0.377 e. The zero-order valence-corrected chi connectivity index (χ0v) is 9.35. The maximum atomic E-state index is 5.52. The van der Waals surface area contributed by atoms with Crippen LogP contribution < -0.4 is 10.6 Å². The Labute approximate surface area is 87.6 Å². The summed E-state index contributed by atoms with van der Waals surface area (Å²) in [6.45, 7) is 7.58. The first-order chi connectivity index (χ1) is 6.93. The number of ether oxygens (including phenoxy) is 1. The third-order valence-corrected chi connectivity index (χ3v) is 2.53. The lowest BCUT2D eigenvalue weighted by atomic mass is 10.2. The molecule has 1 aliphatic heterocycles. The van der Waals surface area contributed by atoms with Gasteiger partial charge in [0.25, 0.3) is 0 Å². The van der Waals surface area contributed by atoms with Gasteiger partial charge in [-0.1, -0.05) is 6.92 Å².